The quantitative estimate of drug-likeness (QED) is 0.769. The van der Waals surface area contributed by atoms with E-state index in [4.69, 9.17) is 5.73 Å². The maximum atomic E-state index is 12.9. The van der Waals surface area contributed by atoms with Crippen LogP contribution in [0.25, 0.3) is 0 Å². The molecule has 90 valence electrons. The van der Waals surface area contributed by atoms with Crippen LogP contribution in [-0.4, -0.2) is 11.8 Å². The Kier molecular flexibility index (Phi) is 5.85. The van der Waals surface area contributed by atoms with Crippen molar-refractivity contribution in [3.05, 3.63) is 30.1 Å². The first-order valence-electron chi connectivity index (χ1n) is 5.75. The molecule has 1 aromatic carbocycles. The highest BCUT2D eigenvalue weighted by Crippen LogP contribution is 2.21. The Morgan fingerprint density at radius 3 is 2.81 bits per heavy atom. The van der Waals surface area contributed by atoms with E-state index in [0.29, 0.717) is 5.92 Å². The van der Waals surface area contributed by atoms with E-state index < -0.39 is 0 Å². The zero-order chi connectivity index (χ0) is 12.0. The van der Waals surface area contributed by atoms with Crippen molar-refractivity contribution in [2.75, 3.05) is 5.75 Å². The monoisotopic (exact) mass is 241 g/mol. The van der Waals surface area contributed by atoms with E-state index in [-0.39, 0.29) is 11.9 Å². The van der Waals surface area contributed by atoms with Gasteiger partial charge >= 0.3 is 0 Å². The molecule has 0 saturated heterocycles. The van der Waals surface area contributed by atoms with E-state index >= 15 is 0 Å². The van der Waals surface area contributed by atoms with Crippen molar-refractivity contribution in [1.29, 1.82) is 0 Å². The summed E-state index contributed by atoms with van der Waals surface area (Å²) in [6.07, 6.45) is 2.21. The fraction of sp³-hybridized carbons (Fsp3) is 0.538. The number of hydrogen-bond donors (Lipinski definition) is 1. The second kappa shape index (κ2) is 6.92. The zero-order valence-electron chi connectivity index (χ0n) is 9.95. The van der Waals surface area contributed by atoms with Gasteiger partial charge in [-0.1, -0.05) is 26.3 Å². The molecule has 16 heavy (non-hydrogen) atoms. The van der Waals surface area contributed by atoms with Gasteiger partial charge in [-0.25, -0.2) is 4.39 Å². The third kappa shape index (κ3) is 4.99. The highest BCUT2D eigenvalue weighted by Gasteiger charge is 2.08. The van der Waals surface area contributed by atoms with E-state index in [2.05, 4.69) is 13.8 Å². The third-order valence-corrected chi connectivity index (χ3v) is 3.84. The summed E-state index contributed by atoms with van der Waals surface area (Å²) < 4.78 is 12.9. The molecule has 0 amide bonds. The fourth-order valence-corrected chi connectivity index (χ4v) is 2.42. The molecule has 1 aromatic rings. The van der Waals surface area contributed by atoms with Gasteiger partial charge in [-0.3, -0.25) is 0 Å². The normalized spacial score (nSPS) is 14.8. The predicted octanol–water partition coefficient (Wildman–Crippen LogP) is 3.68. The van der Waals surface area contributed by atoms with Crippen LogP contribution in [0.15, 0.2) is 29.2 Å². The second-order valence-electron chi connectivity index (χ2n) is 4.28. The van der Waals surface area contributed by atoms with Gasteiger partial charge in [0.15, 0.2) is 0 Å². The molecule has 1 rings (SSSR count). The van der Waals surface area contributed by atoms with Gasteiger partial charge in [0.05, 0.1) is 0 Å². The highest BCUT2D eigenvalue weighted by molar-refractivity contribution is 7.99. The van der Waals surface area contributed by atoms with Crippen LogP contribution in [0.1, 0.15) is 26.7 Å². The van der Waals surface area contributed by atoms with Gasteiger partial charge in [0.1, 0.15) is 5.82 Å². The first-order chi connectivity index (χ1) is 7.61. The van der Waals surface area contributed by atoms with E-state index in [1.54, 1.807) is 23.9 Å². The first kappa shape index (κ1) is 13.5. The molecule has 0 aliphatic carbocycles. The van der Waals surface area contributed by atoms with Crippen LogP contribution in [0.5, 0.6) is 0 Å². The Hall–Kier alpha value is -0.540. The van der Waals surface area contributed by atoms with Crippen LogP contribution in [0.4, 0.5) is 4.39 Å². The van der Waals surface area contributed by atoms with Crippen LogP contribution in [0, 0.1) is 11.7 Å². The van der Waals surface area contributed by atoms with Crippen molar-refractivity contribution in [1.82, 2.24) is 0 Å². The molecule has 2 N–H and O–H groups in total. The largest absolute Gasteiger partial charge is 0.327 e. The molecular formula is C13H20FNS. The summed E-state index contributed by atoms with van der Waals surface area (Å²) in [5.41, 5.74) is 6.02. The summed E-state index contributed by atoms with van der Waals surface area (Å²) in [6.45, 7) is 4.39. The number of rotatable bonds is 6. The molecule has 2 unspecified atom stereocenters. The molecule has 0 fully saturated rings. The molecule has 0 aliphatic heterocycles. The number of benzene rings is 1. The average Bonchev–Trinajstić information content (AvgIpc) is 2.26. The molecule has 0 aliphatic rings. The lowest BCUT2D eigenvalue weighted by molar-refractivity contribution is 0.472. The third-order valence-electron chi connectivity index (χ3n) is 2.66. The standard InChI is InChI=1S/C13H20FNS/c1-3-10(2)7-12(15)9-16-13-6-4-5-11(14)8-13/h4-6,8,10,12H,3,7,9,15H2,1-2H3. The topological polar surface area (TPSA) is 26.0 Å². The van der Waals surface area contributed by atoms with Crippen LogP contribution in [-0.2, 0) is 0 Å². The molecule has 0 saturated carbocycles. The van der Waals surface area contributed by atoms with E-state index in [0.717, 1.165) is 17.1 Å². The summed E-state index contributed by atoms with van der Waals surface area (Å²) in [7, 11) is 0. The molecule has 0 heterocycles. The van der Waals surface area contributed by atoms with E-state index in [1.807, 2.05) is 6.07 Å². The molecule has 2 atom stereocenters. The smallest absolute Gasteiger partial charge is 0.124 e. The maximum Gasteiger partial charge on any atom is 0.124 e. The minimum absolute atomic E-state index is 0.180. The summed E-state index contributed by atoms with van der Waals surface area (Å²) in [5, 5.41) is 0. The van der Waals surface area contributed by atoms with Crippen molar-refractivity contribution in [3.8, 4) is 0 Å². The lowest BCUT2D eigenvalue weighted by Crippen LogP contribution is -2.25. The Labute approximate surface area is 102 Å². The number of nitrogens with two attached hydrogens (primary N) is 1. The van der Waals surface area contributed by atoms with E-state index in [9.17, 15) is 4.39 Å². The van der Waals surface area contributed by atoms with Gasteiger partial charge < -0.3 is 5.73 Å². The number of hydrogen-bond acceptors (Lipinski definition) is 2. The second-order valence-corrected chi connectivity index (χ2v) is 5.37. The van der Waals surface area contributed by atoms with Gasteiger partial charge in [0.2, 0.25) is 0 Å². The molecule has 0 bridgehead atoms. The van der Waals surface area contributed by atoms with E-state index in [1.165, 1.54) is 12.5 Å². The molecule has 0 radical (unpaired) electrons. The molecule has 0 aromatic heterocycles. The van der Waals surface area contributed by atoms with Crippen molar-refractivity contribution >= 4 is 11.8 Å². The first-order valence-corrected chi connectivity index (χ1v) is 6.74. The Morgan fingerprint density at radius 2 is 2.19 bits per heavy atom. The average molecular weight is 241 g/mol. The van der Waals surface area contributed by atoms with Crippen LogP contribution >= 0.6 is 11.8 Å². The van der Waals surface area contributed by atoms with Crippen molar-refractivity contribution < 1.29 is 4.39 Å². The molecule has 1 nitrogen and oxygen atoms in total. The Balaban J connectivity index is 2.34. The lowest BCUT2D eigenvalue weighted by Gasteiger charge is -2.15. The SMILES string of the molecule is CCC(C)CC(N)CSc1cccc(F)c1. The summed E-state index contributed by atoms with van der Waals surface area (Å²) in [4.78, 5) is 0.958. The minimum Gasteiger partial charge on any atom is -0.327 e. The lowest BCUT2D eigenvalue weighted by atomic mass is 10.0. The number of halogens is 1. The van der Waals surface area contributed by atoms with Gasteiger partial charge in [0, 0.05) is 16.7 Å². The molecular weight excluding hydrogens is 221 g/mol. The van der Waals surface area contributed by atoms with Crippen molar-refractivity contribution in [2.45, 2.75) is 37.6 Å². The van der Waals surface area contributed by atoms with Gasteiger partial charge in [-0.05, 0) is 30.5 Å². The van der Waals surface area contributed by atoms with Gasteiger partial charge in [-0.2, -0.15) is 0 Å². The Morgan fingerprint density at radius 1 is 1.44 bits per heavy atom. The van der Waals surface area contributed by atoms with Crippen molar-refractivity contribution in [3.63, 3.8) is 0 Å². The maximum absolute atomic E-state index is 12.9. The van der Waals surface area contributed by atoms with Crippen LogP contribution in [0.2, 0.25) is 0 Å². The van der Waals surface area contributed by atoms with Gasteiger partial charge in [-0.15, -0.1) is 11.8 Å². The van der Waals surface area contributed by atoms with Crippen LogP contribution in [0.3, 0.4) is 0 Å². The van der Waals surface area contributed by atoms with Crippen molar-refractivity contribution in [2.24, 2.45) is 11.7 Å². The Bertz CT molecular complexity index is 317. The zero-order valence-corrected chi connectivity index (χ0v) is 10.8. The predicted molar refractivity (Wildman–Crippen MR) is 69.2 cm³/mol. The fourth-order valence-electron chi connectivity index (χ4n) is 1.51. The summed E-state index contributed by atoms with van der Waals surface area (Å²) in [6, 6.07) is 6.87. The minimum atomic E-state index is -0.180. The molecule has 3 heteroatoms. The van der Waals surface area contributed by atoms with Crippen LogP contribution < -0.4 is 5.73 Å². The summed E-state index contributed by atoms with van der Waals surface area (Å²) in [5.74, 6) is 1.34. The number of thioether (sulfide) groups is 1. The molecule has 0 spiro atoms. The highest BCUT2D eigenvalue weighted by atomic mass is 32.2. The summed E-state index contributed by atoms with van der Waals surface area (Å²) >= 11 is 1.63. The van der Waals surface area contributed by atoms with Gasteiger partial charge in [0.25, 0.3) is 0 Å².